The van der Waals surface area contributed by atoms with Crippen LogP contribution < -0.4 is 11.4 Å². The molecule has 28 heavy (non-hydrogen) atoms. The van der Waals surface area contributed by atoms with Gasteiger partial charge in [0.15, 0.2) is 0 Å². The van der Waals surface area contributed by atoms with E-state index < -0.39 is 11.6 Å². The zero-order chi connectivity index (χ0) is 20.0. The van der Waals surface area contributed by atoms with Crippen LogP contribution in [0.3, 0.4) is 0 Å². The second kappa shape index (κ2) is 6.81. The predicted octanol–water partition coefficient (Wildman–Crippen LogP) is 0.726. The van der Waals surface area contributed by atoms with Crippen molar-refractivity contribution in [1.29, 1.82) is 0 Å². The molecule has 4 rings (SSSR count). The van der Waals surface area contributed by atoms with Crippen LogP contribution in [-0.2, 0) is 22.7 Å². The molecule has 1 aliphatic heterocycles. The number of carbonyl (C=O) groups is 2. The lowest BCUT2D eigenvalue weighted by Crippen LogP contribution is -2.48. The Kier molecular flexibility index (Phi) is 4.44. The maximum atomic E-state index is 13.2. The first-order valence-corrected chi connectivity index (χ1v) is 9.54. The molecule has 2 atom stereocenters. The first-order valence-electron chi connectivity index (χ1n) is 9.54. The number of hydrogen-bond donors (Lipinski definition) is 1. The molecule has 2 amide bonds. The van der Waals surface area contributed by atoms with E-state index in [0.717, 1.165) is 29.5 Å². The first-order chi connectivity index (χ1) is 13.4. The lowest BCUT2D eigenvalue weighted by Gasteiger charge is -2.39. The van der Waals surface area contributed by atoms with Gasteiger partial charge in [0.2, 0.25) is 17.6 Å². The van der Waals surface area contributed by atoms with Gasteiger partial charge >= 0.3 is 5.69 Å². The van der Waals surface area contributed by atoms with Gasteiger partial charge in [0.25, 0.3) is 0 Å². The van der Waals surface area contributed by atoms with Gasteiger partial charge in [0.1, 0.15) is 13.1 Å². The Hall–Kier alpha value is -3.10. The van der Waals surface area contributed by atoms with E-state index in [0.29, 0.717) is 11.3 Å². The van der Waals surface area contributed by atoms with Gasteiger partial charge < -0.3 is 10.6 Å². The van der Waals surface area contributed by atoms with Crippen molar-refractivity contribution in [3.63, 3.8) is 0 Å². The van der Waals surface area contributed by atoms with Gasteiger partial charge in [0.05, 0.1) is 11.0 Å². The van der Waals surface area contributed by atoms with Gasteiger partial charge in [-0.25, -0.2) is 13.9 Å². The molecule has 9 nitrogen and oxygen atoms in total. The number of likely N-dealkylation sites (tertiary alicyclic amines) is 1. The molecular weight excluding hydrogens is 360 g/mol. The maximum Gasteiger partial charge on any atom is 0.352 e. The number of carbonyl (C=O) groups excluding carboxylic acids is 2. The number of para-hydroxylation sites is 2. The molecule has 0 radical (unpaired) electrons. The standard InChI is InChI=1S/C19H24N6O3/c1-12-6-5-7-13(2)24(12)17(27)11-22-14-8-3-4-9-15(14)25-18(22)21-23(19(25)28)10-16(20)26/h3-4,8-9,12-13H,5-7,10-11H2,1-2H3,(H2,20,26). The molecule has 1 aromatic carbocycles. The topological polar surface area (TPSA) is 108 Å². The van der Waals surface area contributed by atoms with E-state index in [-0.39, 0.29) is 31.1 Å². The fourth-order valence-corrected chi connectivity index (χ4v) is 4.31. The van der Waals surface area contributed by atoms with E-state index in [9.17, 15) is 14.4 Å². The SMILES string of the molecule is CC1CCCC(C)N1C(=O)Cn1c2ccccc2n2c(=O)n(CC(N)=O)nc12. The molecule has 3 aromatic rings. The summed E-state index contributed by atoms with van der Waals surface area (Å²) in [5, 5.41) is 4.28. The van der Waals surface area contributed by atoms with Gasteiger partial charge in [-0.3, -0.25) is 14.2 Å². The lowest BCUT2D eigenvalue weighted by atomic mass is 9.97. The average Bonchev–Trinajstić information content (AvgIpc) is 3.10. The quantitative estimate of drug-likeness (QED) is 0.715. The summed E-state index contributed by atoms with van der Waals surface area (Å²) in [7, 11) is 0. The second-order valence-corrected chi connectivity index (χ2v) is 7.55. The second-order valence-electron chi connectivity index (χ2n) is 7.55. The van der Waals surface area contributed by atoms with Crippen molar-refractivity contribution < 1.29 is 9.59 Å². The summed E-state index contributed by atoms with van der Waals surface area (Å²) in [5.74, 6) is -0.316. The van der Waals surface area contributed by atoms with E-state index in [1.807, 2.05) is 23.1 Å². The number of hydrogen-bond acceptors (Lipinski definition) is 4. The fraction of sp³-hybridized carbons (Fsp3) is 0.474. The van der Waals surface area contributed by atoms with E-state index >= 15 is 0 Å². The normalized spacial score (nSPS) is 20.1. The molecular formula is C19H24N6O3. The summed E-state index contributed by atoms with van der Waals surface area (Å²) >= 11 is 0. The zero-order valence-electron chi connectivity index (χ0n) is 16.0. The number of nitrogens with two attached hydrogens (primary N) is 1. The summed E-state index contributed by atoms with van der Waals surface area (Å²) in [6.07, 6.45) is 3.10. The first kappa shape index (κ1) is 18.3. The number of benzene rings is 1. The number of amides is 2. The zero-order valence-corrected chi connectivity index (χ0v) is 16.0. The molecule has 0 bridgehead atoms. The van der Waals surface area contributed by atoms with E-state index in [1.165, 1.54) is 4.40 Å². The molecule has 1 aliphatic rings. The van der Waals surface area contributed by atoms with Crippen LogP contribution in [0.15, 0.2) is 29.1 Å². The molecule has 2 unspecified atom stereocenters. The highest BCUT2D eigenvalue weighted by Crippen LogP contribution is 2.24. The highest BCUT2D eigenvalue weighted by Gasteiger charge is 2.30. The van der Waals surface area contributed by atoms with Crippen molar-refractivity contribution >= 4 is 28.6 Å². The predicted molar refractivity (Wildman–Crippen MR) is 104 cm³/mol. The summed E-state index contributed by atoms with van der Waals surface area (Å²) in [6.45, 7) is 3.92. The van der Waals surface area contributed by atoms with Crippen molar-refractivity contribution in [3.05, 3.63) is 34.7 Å². The third-order valence-corrected chi connectivity index (χ3v) is 5.56. The van der Waals surface area contributed by atoms with Gasteiger partial charge in [-0.05, 0) is 45.2 Å². The lowest BCUT2D eigenvalue weighted by molar-refractivity contribution is -0.137. The molecule has 0 spiro atoms. The smallest absolute Gasteiger partial charge is 0.352 e. The van der Waals surface area contributed by atoms with Crippen LogP contribution in [-0.4, -0.2) is 47.5 Å². The molecule has 9 heteroatoms. The number of aromatic nitrogens is 4. The van der Waals surface area contributed by atoms with Crippen LogP contribution in [0, 0.1) is 0 Å². The minimum atomic E-state index is -0.647. The summed E-state index contributed by atoms with van der Waals surface area (Å²) in [4.78, 5) is 39.1. The number of fused-ring (bicyclic) bond motifs is 3. The average molecular weight is 384 g/mol. The number of piperidine rings is 1. The highest BCUT2D eigenvalue weighted by molar-refractivity contribution is 5.85. The number of primary amides is 1. The van der Waals surface area contributed by atoms with Crippen LogP contribution in [0.1, 0.15) is 33.1 Å². The van der Waals surface area contributed by atoms with Crippen molar-refractivity contribution in [3.8, 4) is 0 Å². The Labute approximate surface area is 161 Å². The van der Waals surface area contributed by atoms with Crippen LogP contribution in [0.2, 0.25) is 0 Å². The Morgan fingerprint density at radius 1 is 1.11 bits per heavy atom. The van der Waals surface area contributed by atoms with Crippen LogP contribution in [0.4, 0.5) is 0 Å². The Morgan fingerprint density at radius 2 is 1.75 bits per heavy atom. The Morgan fingerprint density at radius 3 is 2.39 bits per heavy atom. The van der Waals surface area contributed by atoms with Crippen molar-refractivity contribution in [2.75, 3.05) is 0 Å². The summed E-state index contributed by atoms with van der Waals surface area (Å²) in [5.41, 5.74) is 6.17. The van der Waals surface area contributed by atoms with Gasteiger partial charge in [-0.2, -0.15) is 0 Å². The van der Waals surface area contributed by atoms with Crippen molar-refractivity contribution in [2.24, 2.45) is 5.73 Å². The van der Waals surface area contributed by atoms with Crippen molar-refractivity contribution in [2.45, 2.75) is 58.3 Å². The van der Waals surface area contributed by atoms with Crippen LogP contribution >= 0.6 is 0 Å². The molecule has 0 saturated carbocycles. The molecule has 1 fully saturated rings. The maximum absolute atomic E-state index is 13.2. The van der Waals surface area contributed by atoms with Gasteiger partial charge in [-0.1, -0.05) is 12.1 Å². The van der Waals surface area contributed by atoms with Gasteiger partial charge in [-0.15, -0.1) is 5.10 Å². The largest absolute Gasteiger partial charge is 0.368 e. The Balaban J connectivity index is 1.82. The molecule has 1 saturated heterocycles. The fourth-order valence-electron chi connectivity index (χ4n) is 4.31. The minimum Gasteiger partial charge on any atom is -0.368 e. The molecule has 3 heterocycles. The van der Waals surface area contributed by atoms with Gasteiger partial charge in [0, 0.05) is 12.1 Å². The monoisotopic (exact) mass is 384 g/mol. The molecule has 0 aliphatic carbocycles. The molecule has 2 N–H and O–H groups in total. The summed E-state index contributed by atoms with van der Waals surface area (Å²) < 4.78 is 4.20. The van der Waals surface area contributed by atoms with Crippen LogP contribution in [0.25, 0.3) is 16.8 Å². The third kappa shape index (κ3) is 2.87. The van der Waals surface area contributed by atoms with E-state index in [1.54, 1.807) is 10.6 Å². The molecule has 148 valence electrons. The molecule has 2 aromatic heterocycles. The van der Waals surface area contributed by atoms with E-state index in [4.69, 9.17) is 5.73 Å². The number of rotatable bonds is 4. The summed E-state index contributed by atoms with van der Waals surface area (Å²) in [6, 6.07) is 7.70. The Bertz CT molecular complexity index is 1110. The number of imidazole rings is 1. The van der Waals surface area contributed by atoms with E-state index in [2.05, 4.69) is 18.9 Å². The van der Waals surface area contributed by atoms with Crippen LogP contribution in [0.5, 0.6) is 0 Å². The highest BCUT2D eigenvalue weighted by atomic mass is 16.2. The number of nitrogens with zero attached hydrogens (tertiary/aromatic N) is 5. The third-order valence-electron chi connectivity index (χ3n) is 5.56. The minimum absolute atomic E-state index is 0.000136. The van der Waals surface area contributed by atoms with Crippen molar-refractivity contribution in [1.82, 2.24) is 23.6 Å².